The van der Waals surface area contributed by atoms with Gasteiger partial charge in [0.25, 0.3) is 0 Å². The first-order chi connectivity index (χ1) is 10.9. The van der Waals surface area contributed by atoms with Gasteiger partial charge in [-0.3, -0.25) is 0 Å². The van der Waals surface area contributed by atoms with Crippen LogP contribution >= 0.6 is 31.9 Å². The Morgan fingerprint density at radius 1 is 1.42 bits per heavy atom. The summed E-state index contributed by atoms with van der Waals surface area (Å²) in [6.45, 7) is 0. The molecule has 7 nitrogen and oxygen atoms in total. The molecule has 0 spiro atoms. The third kappa shape index (κ3) is 3.92. The summed E-state index contributed by atoms with van der Waals surface area (Å²) in [7, 11) is 0. The molecule has 0 radical (unpaired) electrons. The quantitative estimate of drug-likeness (QED) is 0.463. The molecule has 0 bridgehead atoms. The molecule has 0 saturated carbocycles. The Balaban J connectivity index is 0.00000208. The average Bonchev–Trinajstić information content (AvgIpc) is 2.87. The van der Waals surface area contributed by atoms with Crippen molar-refractivity contribution in [2.45, 2.75) is 31.3 Å². The van der Waals surface area contributed by atoms with Crippen molar-refractivity contribution < 1.29 is 59.1 Å². The number of aromatic amines is 1. The summed E-state index contributed by atoms with van der Waals surface area (Å²) in [4.78, 5) is 13.9. The van der Waals surface area contributed by atoms with Crippen molar-refractivity contribution in [2.24, 2.45) is 0 Å². The van der Waals surface area contributed by atoms with Gasteiger partial charge < -0.3 is 34.6 Å². The number of aromatic nitrogens is 1. The van der Waals surface area contributed by atoms with Crippen LogP contribution in [0.15, 0.2) is 21.2 Å². The first-order valence-corrected chi connectivity index (χ1v) is 8.34. The van der Waals surface area contributed by atoms with E-state index < -0.39 is 24.5 Å². The van der Waals surface area contributed by atoms with E-state index in [1.165, 1.54) is 0 Å². The molecule has 2 heterocycles. The standard InChI is InChI=1S/C14H13Br2NO6.Na/c15-6-3-7-11(12(16)13(6)19)9(4-17-7)23-10-2-5(18)1-8(22-10)14(20)21;/h3-5,8,10,17-19H,1-2H2,(H,20,21);/q;+1/p-1. The fourth-order valence-corrected chi connectivity index (χ4v) is 3.82. The zero-order valence-electron chi connectivity index (χ0n) is 12.6. The molecule has 1 aromatic heterocycles. The minimum absolute atomic E-state index is 0. The number of aliphatic hydroxyl groups is 1. The second-order valence-electron chi connectivity index (χ2n) is 5.21. The van der Waals surface area contributed by atoms with E-state index in [0.29, 0.717) is 25.6 Å². The summed E-state index contributed by atoms with van der Waals surface area (Å²) in [5.74, 6) is -1.01. The minimum Gasteiger partial charge on any atom is -0.547 e. The Morgan fingerprint density at radius 3 is 2.79 bits per heavy atom. The van der Waals surface area contributed by atoms with Crippen molar-refractivity contribution in [1.82, 2.24) is 4.98 Å². The van der Waals surface area contributed by atoms with E-state index in [1.54, 1.807) is 12.3 Å². The number of carboxylic acids is 1. The predicted octanol–water partition coefficient (Wildman–Crippen LogP) is -1.60. The van der Waals surface area contributed by atoms with E-state index >= 15 is 0 Å². The fraction of sp³-hybridized carbons (Fsp3) is 0.357. The molecule has 10 heteroatoms. The average molecular weight is 473 g/mol. The molecule has 1 aromatic carbocycles. The maximum atomic E-state index is 10.9. The second kappa shape index (κ2) is 7.94. The molecule has 1 aliphatic rings. The maximum absolute atomic E-state index is 10.9. The predicted molar refractivity (Wildman–Crippen MR) is 84.9 cm³/mol. The number of carbonyl (C=O) groups is 1. The first-order valence-electron chi connectivity index (χ1n) is 6.76. The van der Waals surface area contributed by atoms with Gasteiger partial charge in [0.2, 0.25) is 6.29 Å². The van der Waals surface area contributed by atoms with Crippen molar-refractivity contribution in [3.63, 3.8) is 0 Å². The summed E-state index contributed by atoms with van der Waals surface area (Å²) < 4.78 is 11.9. The van der Waals surface area contributed by atoms with Gasteiger partial charge in [0, 0.05) is 19.0 Å². The van der Waals surface area contributed by atoms with Gasteiger partial charge >= 0.3 is 29.6 Å². The summed E-state index contributed by atoms with van der Waals surface area (Å²) in [5.41, 5.74) is 0.698. The largest absolute Gasteiger partial charge is 1.00 e. The molecule has 1 aliphatic heterocycles. The molecule has 1 fully saturated rings. The molecule has 0 aliphatic carbocycles. The van der Waals surface area contributed by atoms with Gasteiger partial charge in [0.15, 0.2) is 0 Å². The first kappa shape index (κ1) is 20.0. The van der Waals surface area contributed by atoms with Crippen LogP contribution in [0.25, 0.3) is 10.9 Å². The number of H-pyrrole nitrogens is 1. The Labute approximate surface area is 175 Å². The number of nitrogens with one attached hydrogen (secondary N) is 1. The molecule has 3 N–H and O–H groups in total. The Bertz CT molecular complexity index is 767. The summed E-state index contributed by atoms with van der Waals surface area (Å²) in [5, 5.41) is 31.3. The van der Waals surface area contributed by atoms with E-state index in [9.17, 15) is 20.1 Å². The Hall–Kier alpha value is -0.290. The summed E-state index contributed by atoms with van der Waals surface area (Å²) >= 11 is 6.53. The maximum Gasteiger partial charge on any atom is 1.00 e. The molecule has 2 aromatic rings. The zero-order valence-corrected chi connectivity index (χ0v) is 17.8. The number of carbonyl (C=O) groups excluding carboxylic acids is 1. The van der Waals surface area contributed by atoms with Crippen molar-refractivity contribution in [3.05, 3.63) is 21.2 Å². The number of carboxylic acid groups (broad SMARTS) is 1. The van der Waals surface area contributed by atoms with Crippen molar-refractivity contribution >= 4 is 48.7 Å². The number of aromatic hydroxyl groups is 1. The topological polar surface area (TPSA) is 115 Å². The number of fused-ring (bicyclic) bond motifs is 1. The monoisotopic (exact) mass is 471 g/mol. The molecule has 0 amide bonds. The Morgan fingerprint density at radius 2 is 2.12 bits per heavy atom. The number of rotatable bonds is 3. The van der Waals surface area contributed by atoms with Gasteiger partial charge in [-0.2, -0.15) is 0 Å². The third-order valence-electron chi connectivity index (χ3n) is 3.59. The van der Waals surface area contributed by atoms with Crippen LogP contribution in [0.2, 0.25) is 0 Å². The number of phenolic OH excluding ortho intramolecular Hbond substituents is 1. The summed E-state index contributed by atoms with van der Waals surface area (Å²) in [6.07, 6.45) is -1.34. The SMILES string of the molecule is O=C([O-])C1CC(O)CC(Oc2c[nH]c3cc(Br)c(O)c(Br)c23)O1.[Na+]. The number of benzene rings is 1. The van der Waals surface area contributed by atoms with E-state index in [2.05, 4.69) is 36.8 Å². The van der Waals surface area contributed by atoms with Crippen LogP contribution in [0.3, 0.4) is 0 Å². The van der Waals surface area contributed by atoms with Crippen LogP contribution in [-0.4, -0.2) is 39.7 Å². The van der Waals surface area contributed by atoms with Gasteiger partial charge in [-0.1, -0.05) is 0 Å². The number of aliphatic carboxylic acids is 1. The van der Waals surface area contributed by atoms with Gasteiger partial charge in [-0.25, -0.2) is 0 Å². The van der Waals surface area contributed by atoms with Crippen molar-refractivity contribution in [1.29, 1.82) is 0 Å². The van der Waals surface area contributed by atoms with Gasteiger partial charge in [-0.15, -0.1) is 0 Å². The molecule has 24 heavy (non-hydrogen) atoms. The van der Waals surface area contributed by atoms with Gasteiger partial charge in [0.05, 0.1) is 31.9 Å². The molecular weight excluding hydrogens is 461 g/mol. The smallest absolute Gasteiger partial charge is 0.547 e. The van der Waals surface area contributed by atoms with Crippen LogP contribution in [-0.2, 0) is 9.53 Å². The van der Waals surface area contributed by atoms with E-state index in [0.717, 1.165) is 0 Å². The van der Waals surface area contributed by atoms with Crippen molar-refractivity contribution in [2.75, 3.05) is 0 Å². The molecule has 3 atom stereocenters. The summed E-state index contributed by atoms with van der Waals surface area (Å²) in [6, 6.07) is 1.68. The van der Waals surface area contributed by atoms with E-state index in [1.807, 2.05) is 0 Å². The molecule has 3 unspecified atom stereocenters. The van der Waals surface area contributed by atoms with Gasteiger partial charge in [-0.05, 0) is 37.9 Å². The Kier molecular flexibility index (Phi) is 6.63. The van der Waals surface area contributed by atoms with Crippen LogP contribution in [0.4, 0.5) is 0 Å². The normalized spacial score (nSPS) is 23.7. The van der Waals surface area contributed by atoms with Crippen molar-refractivity contribution in [3.8, 4) is 11.5 Å². The fourth-order valence-electron chi connectivity index (χ4n) is 2.50. The van der Waals surface area contributed by atoms with E-state index in [-0.39, 0.29) is 48.1 Å². The van der Waals surface area contributed by atoms with Gasteiger partial charge in [0.1, 0.15) is 17.6 Å². The van der Waals surface area contributed by atoms with Crippen LogP contribution in [0.5, 0.6) is 11.5 Å². The number of hydrogen-bond donors (Lipinski definition) is 3. The number of hydrogen-bond acceptors (Lipinski definition) is 6. The molecule has 1 saturated heterocycles. The number of aliphatic hydroxyl groups excluding tert-OH is 1. The molecule has 3 rings (SSSR count). The number of phenols is 1. The van der Waals surface area contributed by atoms with E-state index in [4.69, 9.17) is 9.47 Å². The molecule has 124 valence electrons. The zero-order chi connectivity index (χ0) is 16.7. The third-order valence-corrected chi connectivity index (χ3v) is 4.96. The van der Waals surface area contributed by atoms with Crippen LogP contribution in [0.1, 0.15) is 12.8 Å². The number of halogens is 2. The number of ether oxygens (including phenoxy) is 2. The molecular formula is C14H12Br2NNaO6. The van der Waals surface area contributed by atoms with Crippen LogP contribution in [0, 0.1) is 0 Å². The van der Waals surface area contributed by atoms with Crippen LogP contribution < -0.4 is 39.4 Å². The second-order valence-corrected chi connectivity index (χ2v) is 6.86. The minimum atomic E-state index is -1.39.